The van der Waals surface area contributed by atoms with Crippen molar-refractivity contribution < 1.29 is 19.1 Å². The Balaban J connectivity index is 1.91. The zero-order chi connectivity index (χ0) is 20.0. The Morgan fingerprint density at radius 2 is 1.93 bits per heavy atom. The number of hydrogen-bond donors (Lipinski definition) is 2. The fourth-order valence-electron chi connectivity index (χ4n) is 2.73. The van der Waals surface area contributed by atoms with Crippen LogP contribution in [0.5, 0.6) is 0 Å². The number of halogens is 1. The fourth-order valence-corrected chi connectivity index (χ4v) is 2.85. The normalized spacial score (nSPS) is 20.1. The van der Waals surface area contributed by atoms with E-state index in [4.69, 9.17) is 21.1 Å². The third-order valence-corrected chi connectivity index (χ3v) is 4.52. The maximum atomic E-state index is 12.6. The predicted molar refractivity (Wildman–Crippen MR) is 105 cm³/mol. The second-order valence-corrected chi connectivity index (χ2v) is 8.35. The molecular formula is C20H29ClN2O4. The van der Waals surface area contributed by atoms with Gasteiger partial charge in [-0.2, -0.15) is 0 Å². The Kier molecular flexibility index (Phi) is 7.65. The second-order valence-electron chi connectivity index (χ2n) is 7.91. The summed E-state index contributed by atoms with van der Waals surface area (Å²) in [6.45, 7) is 9.21. The molecule has 27 heavy (non-hydrogen) atoms. The maximum absolute atomic E-state index is 12.6. The summed E-state index contributed by atoms with van der Waals surface area (Å²) in [6.07, 6.45) is 0.355. The van der Waals surface area contributed by atoms with Crippen LogP contribution in [0, 0.1) is 5.92 Å². The van der Waals surface area contributed by atoms with Gasteiger partial charge in [0.05, 0.1) is 24.9 Å². The first-order chi connectivity index (χ1) is 12.7. The molecule has 150 valence electrons. The van der Waals surface area contributed by atoms with Gasteiger partial charge in [-0.3, -0.25) is 9.59 Å². The topological polar surface area (TPSA) is 76.7 Å². The fraction of sp³-hybridized carbons (Fsp3) is 0.600. The second kappa shape index (κ2) is 9.53. The number of rotatable bonds is 7. The van der Waals surface area contributed by atoms with Crippen LogP contribution in [0.15, 0.2) is 24.3 Å². The van der Waals surface area contributed by atoms with Crippen LogP contribution < -0.4 is 10.6 Å². The third-order valence-electron chi connectivity index (χ3n) is 4.27. The summed E-state index contributed by atoms with van der Waals surface area (Å²) in [5, 5.41) is 6.25. The van der Waals surface area contributed by atoms with Gasteiger partial charge in [-0.05, 0) is 50.5 Å². The average molecular weight is 397 g/mol. The minimum Gasteiger partial charge on any atom is -0.371 e. The molecule has 2 amide bonds. The van der Waals surface area contributed by atoms with Crippen LogP contribution >= 0.6 is 11.6 Å². The van der Waals surface area contributed by atoms with Crippen LogP contribution in [0.1, 0.15) is 44.5 Å². The highest BCUT2D eigenvalue weighted by Gasteiger charge is 2.29. The largest absolute Gasteiger partial charge is 0.371 e. The lowest BCUT2D eigenvalue weighted by Gasteiger charge is -2.35. The maximum Gasteiger partial charge on any atom is 0.251 e. The zero-order valence-electron chi connectivity index (χ0n) is 16.4. The first-order valence-electron chi connectivity index (χ1n) is 9.26. The van der Waals surface area contributed by atoms with E-state index in [9.17, 15) is 9.59 Å². The highest BCUT2D eigenvalue weighted by molar-refractivity contribution is 6.30. The molecule has 0 aromatic heterocycles. The highest BCUT2D eigenvalue weighted by Crippen LogP contribution is 2.17. The molecule has 2 N–H and O–H groups in total. The van der Waals surface area contributed by atoms with E-state index in [1.165, 1.54) is 0 Å². The van der Waals surface area contributed by atoms with E-state index in [0.717, 1.165) is 0 Å². The van der Waals surface area contributed by atoms with E-state index >= 15 is 0 Å². The van der Waals surface area contributed by atoms with E-state index in [1.54, 1.807) is 24.3 Å². The summed E-state index contributed by atoms with van der Waals surface area (Å²) in [5.41, 5.74) is 0.167. The molecule has 0 saturated carbocycles. The van der Waals surface area contributed by atoms with Gasteiger partial charge in [0.25, 0.3) is 5.91 Å². The van der Waals surface area contributed by atoms with Crippen LogP contribution in [-0.4, -0.2) is 49.3 Å². The first-order valence-corrected chi connectivity index (χ1v) is 9.64. The molecule has 0 bridgehead atoms. The molecule has 1 aromatic rings. The Morgan fingerprint density at radius 1 is 1.26 bits per heavy atom. The van der Waals surface area contributed by atoms with Gasteiger partial charge in [-0.15, -0.1) is 0 Å². The first kappa shape index (κ1) is 21.7. The van der Waals surface area contributed by atoms with Crippen LogP contribution in [0.25, 0.3) is 0 Å². The average Bonchev–Trinajstić information content (AvgIpc) is 2.60. The Morgan fingerprint density at radius 3 is 2.48 bits per heavy atom. The molecule has 1 saturated heterocycles. The standard InChI is InChI=1S/C20H29ClN2O4/c1-13(2)9-17(23-18(24)14-5-7-15(21)8-6-14)19(25)22-10-16-11-27-20(3,4)12-26-16/h5-8,13,16-17H,9-12H2,1-4H3,(H,22,25)(H,23,24). The number of hydrogen-bond acceptors (Lipinski definition) is 4. The van der Waals surface area contributed by atoms with E-state index in [1.807, 2.05) is 27.7 Å². The van der Waals surface area contributed by atoms with Crippen LogP contribution in [0.3, 0.4) is 0 Å². The van der Waals surface area contributed by atoms with Crippen molar-refractivity contribution in [2.75, 3.05) is 19.8 Å². The van der Waals surface area contributed by atoms with Crippen LogP contribution in [0.2, 0.25) is 5.02 Å². The smallest absolute Gasteiger partial charge is 0.251 e. The van der Waals surface area contributed by atoms with Gasteiger partial charge in [0.2, 0.25) is 5.91 Å². The van der Waals surface area contributed by atoms with Gasteiger partial charge in [-0.1, -0.05) is 25.4 Å². The van der Waals surface area contributed by atoms with Gasteiger partial charge >= 0.3 is 0 Å². The molecule has 1 aliphatic rings. The van der Waals surface area contributed by atoms with Crippen LogP contribution in [-0.2, 0) is 14.3 Å². The molecule has 7 heteroatoms. The predicted octanol–water partition coefficient (Wildman–Crippen LogP) is 2.79. The molecule has 2 rings (SSSR count). The molecule has 1 heterocycles. The third kappa shape index (κ3) is 7.13. The highest BCUT2D eigenvalue weighted by atomic mass is 35.5. The molecular weight excluding hydrogens is 368 g/mol. The Bertz CT molecular complexity index is 636. The minimum atomic E-state index is -0.617. The quantitative estimate of drug-likeness (QED) is 0.743. The number of ether oxygens (including phenoxy) is 2. The van der Waals surface area contributed by atoms with Crippen LogP contribution in [0.4, 0.5) is 0 Å². The summed E-state index contributed by atoms with van der Waals surface area (Å²) in [7, 11) is 0. The van der Waals surface area contributed by atoms with E-state index in [0.29, 0.717) is 36.8 Å². The van der Waals surface area contributed by atoms with Gasteiger partial charge in [0.1, 0.15) is 6.04 Å². The van der Waals surface area contributed by atoms with Crippen molar-refractivity contribution in [2.24, 2.45) is 5.92 Å². The van der Waals surface area contributed by atoms with Crippen molar-refractivity contribution in [3.63, 3.8) is 0 Å². The van der Waals surface area contributed by atoms with Crippen molar-refractivity contribution in [2.45, 2.75) is 51.9 Å². The van der Waals surface area contributed by atoms with Crippen molar-refractivity contribution in [3.8, 4) is 0 Å². The lowest BCUT2D eigenvalue weighted by Crippen LogP contribution is -2.51. The molecule has 2 unspecified atom stereocenters. The summed E-state index contributed by atoms with van der Waals surface area (Å²) >= 11 is 5.86. The van der Waals surface area contributed by atoms with Gasteiger partial charge < -0.3 is 20.1 Å². The number of nitrogens with one attached hydrogen (secondary N) is 2. The van der Waals surface area contributed by atoms with E-state index in [-0.39, 0.29) is 29.4 Å². The lowest BCUT2D eigenvalue weighted by atomic mass is 10.0. The lowest BCUT2D eigenvalue weighted by molar-refractivity contribution is -0.173. The molecule has 6 nitrogen and oxygen atoms in total. The minimum absolute atomic E-state index is 0.186. The van der Waals surface area contributed by atoms with Crippen molar-refractivity contribution in [3.05, 3.63) is 34.9 Å². The molecule has 1 aliphatic heterocycles. The van der Waals surface area contributed by atoms with Gasteiger partial charge in [0.15, 0.2) is 0 Å². The number of carbonyl (C=O) groups excluding carboxylic acids is 2. The molecule has 2 atom stereocenters. The summed E-state index contributed by atoms with van der Waals surface area (Å²) in [5.74, 6) is -0.271. The van der Waals surface area contributed by atoms with Crippen molar-refractivity contribution >= 4 is 23.4 Å². The van der Waals surface area contributed by atoms with E-state index < -0.39 is 6.04 Å². The molecule has 0 spiro atoms. The van der Waals surface area contributed by atoms with Gasteiger partial charge in [0, 0.05) is 17.1 Å². The van der Waals surface area contributed by atoms with E-state index in [2.05, 4.69) is 10.6 Å². The van der Waals surface area contributed by atoms with Crippen molar-refractivity contribution in [1.82, 2.24) is 10.6 Å². The SMILES string of the molecule is CC(C)CC(NC(=O)c1ccc(Cl)cc1)C(=O)NCC1COC(C)(C)CO1. The Labute approximate surface area is 165 Å². The van der Waals surface area contributed by atoms with Gasteiger partial charge in [-0.25, -0.2) is 0 Å². The van der Waals surface area contributed by atoms with Crippen molar-refractivity contribution in [1.29, 1.82) is 0 Å². The number of benzene rings is 1. The zero-order valence-corrected chi connectivity index (χ0v) is 17.1. The summed E-state index contributed by atoms with van der Waals surface area (Å²) < 4.78 is 11.4. The molecule has 0 aliphatic carbocycles. The molecule has 1 fully saturated rings. The summed E-state index contributed by atoms with van der Waals surface area (Å²) in [6, 6.07) is 5.95. The molecule has 0 radical (unpaired) electrons. The monoisotopic (exact) mass is 396 g/mol. The summed E-state index contributed by atoms with van der Waals surface area (Å²) in [4.78, 5) is 25.1. The number of carbonyl (C=O) groups is 2. The number of amides is 2. The molecule has 1 aromatic carbocycles. The Hall–Kier alpha value is -1.63.